The first-order chi connectivity index (χ1) is 10.5. The zero-order chi connectivity index (χ0) is 17.3. The molecule has 0 rings (SSSR count). The van der Waals surface area contributed by atoms with Crippen molar-refractivity contribution >= 4 is 14.8 Å². The fourth-order valence-electron chi connectivity index (χ4n) is 2.12. The summed E-state index contributed by atoms with van der Waals surface area (Å²) in [5, 5.41) is 7.42. The molecule has 0 saturated carbocycles. The summed E-state index contributed by atoms with van der Waals surface area (Å²) in [6.07, 6.45) is 7.75. The molecule has 0 bridgehead atoms. The van der Waals surface area contributed by atoms with Crippen LogP contribution in [0.5, 0.6) is 0 Å². The smallest absolute Gasteiger partial charge is 0.481 e. The van der Waals surface area contributed by atoms with Crippen molar-refractivity contribution in [1.29, 1.82) is 0 Å². The van der Waals surface area contributed by atoms with Gasteiger partial charge in [-0.3, -0.25) is 4.79 Å². The zero-order valence-corrected chi connectivity index (χ0v) is 16.7. The van der Waals surface area contributed by atoms with Gasteiger partial charge in [-0.05, 0) is 27.2 Å². The van der Waals surface area contributed by atoms with Crippen LogP contribution in [0.2, 0.25) is 6.04 Å². The van der Waals surface area contributed by atoms with Gasteiger partial charge in [0.1, 0.15) is 0 Å². The molecule has 0 aliphatic carbocycles. The number of carboxylic acid groups (broad SMARTS) is 1. The number of hydrogen-bond acceptors (Lipinski definition) is 4. The molecule has 3 N–H and O–H groups in total. The monoisotopic (exact) mass is 354 g/mol. The zero-order valence-electron chi connectivity index (χ0n) is 15.7. The van der Waals surface area contributed by atoms with Crippen LogP contribution in [0.1, 0.15) is 73.1 Å². The number of carboxylic acids is 1. The Morgan fingerprint density at radius 2 is 1.17 bits per heavy atom. The number of aliphatic carboxylic acids is 1. The van der Waals surface area contributed by atoms with E-state index in [4.69, 9.17) is 23.2 Å². The minimum atomic E-state index is -2.36. The summed E-state index contributed by atoms with van der Waals surface area (Å²) in [6.45, 7) is 11.4. The number of carbonyl (C=O) groups is 1. The van der Waals surface area contributed by atoms with Gasteiger partial charge < -0.3 is 23.9 Å². The van der Waals surface area contributed by atoms with Gasteiger partial charge in [0.15, 0.2) is 0 Å². The SMILES string of the molecule is CC(=O)O.CCCCCCCC[Si](OCC)(OCC)OCC.O. The second kappa shape index (κ2) is 19.6. The first-order valence-electron chi connectivity index (χ1n) is 8.59. The molecule has 0 amide bonds. The fraction of sp³-hybridized carbons (Fsp3) is 0.938. The molecule has 0 spiro atoms. The number of rotatable bonds is 13. The summed E-state index contributed by atoms with van der Waals surface area (Å²) in [7, 11) is -2.36. The van der Waals surface area contributed by atoms with Crippen LogP contribution in [-0.2, 0) is 18.1 Å². The van der Waals surface area contributed by atoms with E-state index in [0.29, 0.717) is 19.8 Å². The molecule has 142 valence electrons. The largest absolute Gasteiger partial charge is 0.500 e. The highest BCUT2D eigenvalue weighted by Gasteiger charge is 2.39. The third-order valence-corrected chi connectivity index (χ3v) is 6.08. The summed E-state index contributed by atoms with van der Waals surface area (Å²) in [6, 6.07) is 0.967. The average molecular weight is 355 g/mol. The topological polar surface area (TPSA) is 96.5 Å². The highest BCUT2D eigenvalue weighted by Crippen LogP contribution is 2.20. The van der Waals surface area contributed by atoms with Crippen molar-refractivity contribution in [2.45, 2.75) is 79.2 Å². The highest BCUT2D eigenvalue weighted by molar-refractivity contribution is 6.60. The highest BCUT2D eigenvalue weighted by atomic mass is 28.4. The molecule has 7 heteroatoms. The van der Waals surface area contributed by atoms with Crippen LogP contribution in [0.4, 0.5) is 0 Å². The van der Waals surface area contributed by atoms with Crippen LogP contribution in [-0.4, -0.2) is 45.2 Å². The number of hydrogen-bond donors (Lipinski definition) is 1. The van der Waals surface area contributed by atoms with E-state index < -0.39 is 14.8 Å². The van der Waals surface area contributed by atoms with Gasteiger partial charge in [-0.1, -0.05) is 39.0 Å². The van der Waals surface area contributed by atoms with Gasteiger partial charge in [0.2, 0.25) is 0 Å². The molecule has 0 radical (unpaired) electrons. The van der Waals surface area contributed by atoms with E-state index in [1.165, 1.54) is 32.1 Å². The summed E-state index contributed by atoms with van der Waals surface area (Å²) < 4.78 is 17.5. The van der Waals surface area contributed by atoms with Crippen molar-refractivity contribution in [3.05, 3.63) is 0 Å². The molecule has 0 unspecified atom stereocenters. The van der Waals surface area contributed by atoms with Crippen molar-refractivity contribution < 1.29 is 28.7 Å². The van der Waals surface area contributed by atoms with Crippen LogP contribution in [0, 0.1) is 0 Å². The molecule has 23 heavy (non-hydrogen) atoms. The lowest BCUT2D eigenvalue weighted by Crippen LogP contribution is -2.45. The second-order valence-corrected chi connectivity index (χ2v) is 7.75. The molecular formula is C16H38O6Si. The van der Waals surface area contributed by atoms with Crippen molar-refractivity contribution in [2.24, 2.45) is 0 Å². The summed E-state index contributed by atoms with van der Waals surface area (Å²) in [4.78, 5) is 9.00. The molecule has 0 aliphatic heterocycles. The lowest BCUT2D eigenvalue weighted by atomic mass is 10.1. The quantitative estimate of drug-likeness (QED) is 0.402. The van der Waals surface area contributed by atoms with Crippen LogP contribution < -0.4 is 0 Å². The Morgan fingerprint density at radius 3 is 1.52 bits per heavy atom. The maximum absolute atomic E-state index is 9.00. The predicted molar refractivity (Wildman–Crippen MR) is 95.7 cm³/mol. The van der Waals surface area contributed by atoms with Crippen molar-refractivity contribution in [3.8, 4) is 0 Å². The van der Waals surface area contributed by atoms with Gasteiger partial charge in [-0.2, -0.15) is 0 Å². The third-order valence-electron chi connectivity index (χ3n) is 2.93. The molecule has 0 atom stereocenters. The van der Waals surface area contributed by atoms with Crippen LogP contribution in [0.3, 0.4) is 0 Å². The third kappa shape index (κ3) is 19.5. The molecule has 6 nitrogen and oxygen atoms in total. The molecule has 0 aromatic rings. The first kappa shape index (κ1) is 27.4. The average Bonchev–Trinajstić information content (AvgIpc) is 2.43. The van der Waals surface area contributed by atoms with Crippen molar-refractivity contribution in [1.82, 2.24) is 0 Å². The predicted octanol–water partition coefficient (Wildman–Crippen LogP) is 3.66. The standard InChI is InChI=1S/C14H32O3Si.C2H4O2.H2O/c1-5-9-10-11-12-13-14-18(15-6-2,16-7-3)17-8-4;1-2(3)4;/h5-14H2,1-4H3;1H3,(H,3,4);1H2. The fourth-order valence-corrected chi connectivity index (χ4v) is 4.81. The Balaban J connectivity index is -0.000000712. The number of unbranched alkanes of at least 4 members (excludes halogenated alkanes) is 5. The molecular weight excluding hydrogens is 316 g/mol. The molecule has 0 heterocycles. The van der Waals surface area contributed by atoms with Crippen LogP contribution in [0.15, 0.2) is 0 Å². The Hall–Kier alpha value is -0.473. The molecule has 0 aliphatic rings. The van der Waals surface area contributed by atoms with Crippen molar-refractivity contribution in [2.75, 3.05) is 19.8 Å². The van der Waals surface area contributed by atoms with E-state index in [9.17, 15) is 0 Å². The van der Waals surface area contributed by atoms with Crippen LogP contribution in [0.25, 0.3) is 0 Å². The summed E-state index contributed by atoms with van der Waals surface area (Å²) in [5.74, 6) is -0.833. The van der Waals surface area contributed by atoms with E-state index in [0.717, 1.165) is 19.4 Å². The molecule has 0 fully saturated rings. The lowest BCUT2D eigenvalue weighted by Gasteiger charge is -2.28. The maximum atomic E-state index is 9.00. The van der Waals surface area contributed by atoms with E-state index in [2.05, 4.69) is 6.92 Å². The van der Waals surface area contributed by atoms with E-state index in [1.807, 2.05) is 20.8 Å². The van der Waals surface area contributed by atoms with Gasteiger partial charge >= 0.3 is 8.80 Å². The maximum Gasteiger partial charge on any atom is 0.500 e. The van der Waals surface area contributed by atoms with Gasteiger partial charge in [0.05, 0.1) is 0 Å². The molecule has 0 aromatic heterocycles. The van der Waals surface area contributed by atoms with Gasteiger partial charge in [-0.15, -0.1) is 0 Å². The van der Waals surface area contributed by atoms with Crippen LogP contribution >= 0.6 is 0 Å². The first-order valence-corrected chi connectivity index (χ1v) is 10.5. The Kier molecular flexibility index (Phi) is 23.3. The Labute approximate surface area is 143 Å². The molecule has 0 saturated heterocycles. The van der Waals surface area contributed by atoms with Crippen molar-refractivity contribution in [3.63, 3.8) is 0 Å². The van der Waals surface area contributed by atoms with Gasteiger partial charge in [0, 0.05) is 32.8 Å². The normalized spacial score (nSPS) is 10.5. The van der Waals surface area contributed by atoms with E-state index in [1.54, 1.807) is 0 Å². The summed E-state index contributed by atoms with van der Waals surface area (Å²) >= 11 is 0. The van der Waals surface area contributed by atoms with E-state index in [-0.39, 0.29) is 5.48 Å². The Morgan fingerprint density at radius 1 is 0.826 bits per heavy atom. The Bertz CT molecular complexity index is 230. The van der Waals surface area contributed by atoms with Gasteiger partial charge in [0.25, 0.3) is 5.97 Å². The minimum Gasteiger partial charge on any atom is -0.481 e. The van der Waals surface area contributed by atoms with E-state index >= 15 is 0 Å². The summed E-state index contributed by atoms with van der Waals surface area (Å²) in [5.41, 5.74) is 0. The lowest BCUT2D eigenvalue weighted by molar-refractivity contribution is -0.134. The second-order valence-electron chi connectivity index (χ2n) is 5.02. The minimum absolute atomic E-state index is 0. The molecule has 0 aromatic carbocycles. The van der Waals surface area contributed by atoms with Gasteiger partial charge in [-0.25, -0.2) is 0 Å².